The molecule has 1 aliphatic rings. The molecule has 2 rings (SSSR count). The third-order valence-corrected chi connectivity index (χ3v) is 4.38. The second-order valence-corrected chi connectivity index (χ2v) is 7.23. The van der Waals surface area contributed by atoms with Crippen LogP contribution in [0.1, 0.15) is 45.8 Å². The number of hydrogen-bond donors (Lipinski definition) is 1. The third-order valence-electron chi connectivity index (χ3n) is 3.80. The smallest absolute Gasteiger partial charge is 0.0861 e. The van der Waals surface area contributed by atoms with E-state index in [4.69, 9.17) is 27.9 Å². The molecule has 0 bridgehead atoms. The Morgan fingerprint density at radius 1 is 1.26 bits per heavy atom. The quantitative estimate of drug-likeness (QED) is 0.863. The summed E-state index contributed by atoms with van der Waals surface area (Å²) in [5.41, 5.74) is 0.0444. The van der Waals surface area contributed by atoms with Crippen LogP contribution in [0.15, 0.2) is 18.2 Å². The summed E-state index contributed by atoms with van der Waals surface area (Å²) < 4.78 is 6.03. The Bertz CT molecular complexity index is 483. The average Bonchev–Trinajstić information content (AvgIpc) is 2.49. The molecule has 2 nitrogen and oxygen atoms in total. The van der Waals surface area contributed by atoms with Gasteiger partial charge >= 0.3 is 0 Å². The second-order valence-electron chi connectivity index (χ2n) is 6.39. The molecule has 106 valence electrons. The predicted octanol–water partition coefficient (Wildman–Crippen LogP) is 4.62. The maximum absolute atomic E-state index is 10.7. The molecule has 1 saturated heterocycles. The topological polar surface area (TPSA) is 29.5 Å². The molecule has 4 heteroatoms. The van der Waals surface area contributed by atoms with Gasteiger partial charge in [-0.15, -0.1) is 0 Å². The van der Waals surface area contributed by atoms with Crippen molar-refractivity contribution in [2.75, 3.05) is 0 Å². The van der Waals surface area contributed by atoms with Gasteiger partial charge in [0.05, 0.1) is 17.3 Å². The fourth-order valence-electron chi connectivity index (χ4n) is 3.05. The van der Waals surface area contributed by atoms with Gasteiger partial charge in [0.15, 0.2) is 0 Å². The van der Waals surface area contributed by atoms with E-state index < -0.39 is 11.7 Å². The Labute approximate surface area is 124 Å². The molecule has 2 unspecified atom stereocenters. The summed E-state index contributed by atoms with van der Waals surface area (Å²) in [5.74, 6) is -0.0153. The highest BCUT2D eigenvalue weighted by molar-refractivity contribution is 6.33. The van der Waals surface area contributed by atoms with E-state index in [1.54, 1.807) is 18.2 Å². The number of hydrogen-bond acceptors (Lipinski definition) is 2. The van der Waals surface area contributed by atoms with Crippen molar-refractivity contribution < 1.29 is 9.84 Å². The lowest BCUT2D eigenvalue weighted by molar-refractivity contribution is -0.0880. The van der Waals surface area contributed by atoms with Gasteiger partial charge in [0.1, 0.15) is 0 Å². The number of benzene rings is 1. The summed E-state index contributed by atoms with van der Waals surface area (Å²) in [6, 6.07) is 5.17. The zero-order valence-corrected chi connectivity index (χ0v) is 13.2. The summed E-state index contributed by atoms with van der Waals surface area (Å²) in [4.78, 5) is 0. The lowest BCUT2D eigenvalue weighted by Gasteiger charge is -2.30. The Morgan fingerprint density at radius 2 is 1.89 bits per heavy atom. The maximum Gasteiger partial charge on any atom is 0.0861 e. The first-order chi connectivity index (χ1) is 8.62. The largest absolute Gasteiger partial charge is 0.388 e. The Hall–Kier alpha value is -0.280. The molecule has 19 heavy (non-hydrogen) atoms. The van der Waals surface area contributed by atoms with Crippen molar-refractivity contribution in [2.45, 2.75) is 51.4 Å². The highest BCUT2D eigenvalue weighted by atomic mass is 35.5. The van der Waals surface area contributed by atoms with Crippen LogP contribution in [0.3, 0.4) is 0 Å². The summed E-state index contributed by atoms with van der Waals surface area (Å²) in [5, 5.41) is 11.8. The van der Waals surface area contributed by atoms with Crippen LogP contribution in [-0.2, 0) is 4.74 Å². The lowest BCUT2D eigenvalue weighted by Crippen LogP contribution is -2.32. The molecule has 0 aliphatic carbocycles. The Morgan fingerprint density at radius 3 is 2.42 bits per heavy atom. The normalized spacial score (nSPS) is 26.4. The predicted molar refractivity (Wildman–Crippen MR) is 78.8 cm³/mol. The lowest BCUT2D eigenvalue weighted by atomic mass is 9.80. The van der Waals surface area contributed by atoms with Crippen LogP contribution in [0.25, 0.3) is 0 Å². The van der Waals surface area contributed by atoms with Crippen molar-refractivity contribution in [2.24, 2.45) is 5.92 Å². The molecule has 1 fully saturated rings. The van der Waals surface area contributed by atoms with Crippen molar-refractivity contribution in [3.63, 3.8) is 0 Å². The van der Waals surface area contributed by atoms with Gasteiger partial charge in [-0.05, 0) is 52.3 Å². The molecule has 1 aromatic rings. The fraction of sp³-hybridized carbons (Fsp3) is 0.600. The minimum Gasteiger partial charge on any atom is -0.388 e. The van der Waals surface area contributed by atoms with Gasteiger partial charge in [0.25, 0.3) is 0 Å². The summed E-state index contributed by atoms with van der Waals surface area (Å²) in [7, 11) is 0. The van der Waals surface area contributed by atoms with Gasteiger partial charge in [0, 0.05) is 21.5 Å². The average molecular weight is 303 g/mol. The van der Waals surface area contributed by atoms with E-state index in [0.29, 0.717) is 15.6 Å². The molecule has 0 aromatic heterocycles. The van der Waals surface area contributed by atoms with Crippen molar-refractivity contribution in [1.82, 2.24) is 0 Å². The van der Waals surface area contributed by atoms with Crippen LogP contribution in [0, 0.1) is 5.92 Å². The van der Waals surface area contributed by atoms with Gasteiger partial charge in [-0.3, -0.25) is 0 Å². The molecule has 0 spiro atoms. The zero-order chi connectivity index (χ0) is 14.4. The third kappa shape index (κ3) is 3.08. The van der Waals surface area contributed by atoms with E-state index in [1.165, 1.54) is 0 Å². The number of halogens is 2. The molecule has 0 amide bonds. The molecule has 0 radical (unpaired) electrons. The first-order valence-electron chi connectivity index (χ1n) is 6.45. The fourth-order valence-corrected chi connectivity index (χ4v) is 3.46. The van der Waals surface area contributed by atoms with E-state index in [1.807, 2.05) is 27.7 Å². The second kappa shape index (κ2) is 4.92. The molecule has 1 aromatic carbocycles. The number of aliphatic hydroxyl groups is 1. The van der Waals surface area contributed by atoms with Gasteiger partial charge < -0.3 is 9.84 Å². The molecule has 1 N–H and O–H groups in total. The van der Waals surface area contributed by atoms with Crippen molar-refractivity contribution in [3.05, 3.63) is 33.8 Å². The zero-order valence-electron chi connectivity index (χ0n) is 11.7. The Kier molecular flexibility index (Phi) is 3.92. The van der Waals surface area contributed by atoms with Gasteiger partial charge in [-0.1, -0.05) is 23.2 Å². The number of aliphatic hydroxyl groups excluding tert-OH is 1. The highest BCUT2D eigenvalue weighted by Crippen LogP contribution is 2.48. The maximum atomic E-state index is 10.7. The van der Waals surface area contributed by atoms with Crippen molar-refractivity contribution in [1.29, 1.82) is 0 Å². The molecule has 1 aliphatic heterocycles. The van der Waals surface area contributed by atoms with Crippen LogP contribution in [0.5, 0.6) is 0 Å². The van der Waals surface area contributed by atoms with E-state index >= 15 is 0 Å². The Balaban J connectivity index is 2.34. The van der Waals surface area contributed by atoms with Crippen LogP contribution in [0.4, 0.5) is 0 Å². The molecule has 2 atom stereocenters. The van der Waals surface area contributed by atoms with Crippen LogP contribution >= 0.6 is 23.2 Å². The SMILES string of the molecule is CC1(C)CC(C(O)c2cc(Cl)ccc2Cl)C(C)(C)O1. The van der Waals surface area contributed by atoms with E-state index in [-0.39, 0.29) is 11.5 Å². The molecular weight excluding hydrogens is 283 g/mol. The first-order valence-corrected chi connectivity index (χ1v) is 7.21. The number of rotatable bonds is 2. The van der Waals surface area contributed by atoms with Crippen molar-refractivity contribution in [3.8, 4) is 0 Å². The van der Waals surface area contributed by atoms with Crippen LogP contribution < -0.4 is 0 Å². The summed E-state index contributed by atoms with van der Waals surface area (Å²) in [6.45, 7) is 8.10. The summed E-state index contributed by atoms with van der Waals surface area (Å²) in [6.07, 6.45) is 0.104. The van der Waals surface area contributed by atoms with Crippen LogP contribution in [-0.4, -0.2) is 16.3 Å². The number of ether oxygens (including phenoxy) is 1. The van der Waals surface area contributed by atoms with Gasteiger partial charge in [-0.25, -0.2) is 0 Å². The molecule has 0 saturated carbocycles. The van der Waals surface area contributed by atoms with E-state index in [0.717, 1.165) is 6.42 Å². The summed E-state index contributed by atoms with van der Waals surface area (Å²) >= 11 is 12.2. The van der Waals surface area contributed by atoms with Gasteiger partial charge in [-0.2, -0.15) is 0 Å². The highest BCUT2D eigenvalue weighted by Gasteiger charge is 2.49. The molecule has 1 heterocycles. The van der Waals surface area contributed by atoms with E-state index in [9.17, 15) is 5.11 Å². The van der Waals surface area contributed by atoms with Gasteiger partial charge in [0.2, 0.25) is 0 Å². The minimum absolute atomic E-state index is 0.0153. The van der Waals surface area contributed by atoms with E-state index in [2.05, 4.69) is 0 Å². The van der Waals surface area contributed by atoms with Crippen molar-refractivity contribution >= 4 is 23.2 Å². The minimum atomic E-state index is -0.678. The van der Waals surface area contributed by atoms with Crippen LogP contribution in [0.2, 0.25) is 10.0 Å². The standard InChI is InChI=1S/C15H20Cl2O2/c1-14(2)8-11(15(3,4)19-14)13(18)10-7-9(16)5-6-12(10)17/h5-7,11,13,18H,8H2,1-4H3. The first kappa shape index (κ1) is 15.1. The molecular formula is C15H20Cl2O2. The monoisotopic (exact) mass is 302 g/mol.